The summed E-state index contributed by atoms with van der Waals surface area (Å²) in [5.41, 5.74) is 8.27. The number of benzene rings is 1. The van der Waals surface area contributed by atoms with Crippen LogP contribution in [0.5, 0.6) is 5.88 Å². The smallest absolute Gasteiger partial charge is 0.258 e. The van der Waals surface area contributed by atoms with Gasteiger partial charge in [-0.05, 0) is 37.3 Å². The zero-order chi connectivity index (χ0) is 22.4. The van der Waals surface area contributed by atoms with Crippen molar-refractivity contribution in [2.75, 3.05) is 10.6 Å². The molecule has 3 aromatic rings. The standard InChI is InChI=1S/C22H17FN8O/c1-12-14-9-13(23)6-7-16(14)31-8-4-3-5-18(31)28-21-19(17(10-24)30(2)29-21)15-11-26-20(25)22(27-15)32-12/h3-9,11-12H,1-2H3,(H2,25,26)/t12-/m1/s1. The molecular formula is C22H17FN8O. The highest BCUT2D eigenvalue weighted by Gasteiger charge is 2.26. The van der Waals surface area contributed by atoms with E-state index in [1.807, 2.05) is 23.3 Å². The monoisotopic (exact) mass is 428 g/mol. The summed E-state index contributed by atoms with van der Waals surface area (Å²) in [7, 11) is 1.65. The Morgan fingerprint density at radius 3 is 2.94 bits per heavy atom. The molecule has 5 rings (SSSR count). The van der Waals surface area contributed by atoms with Crippen molar-refractivity contribution in [3.8, 4) is 23.2 Å². The van der Waals surface area contributed by atoms with E-state index < -0.39 is 11.9 Å². The largest absolute Gasteiger partial charge is 0.467 e. The number of ether oxygens (including phenoxy) is 1. The molecule has 2 aromatic heterocycles. The van der Waals surface area contributed by atoms with Gasteiger partial charge in [0.15, 0.2) is 11.6 Å². The molecule has 9 nitrogen and oxygen atoms in total. The Bertz CT molecular complexity index is 1380. The molecule has 158 valence electrons. The Kier molecular flexibility index (Phi) is 4.44. The average Bonchev–Trinajstić information content (AvgIpc) is 3.09. The Labute approximate surface area is 182 Å². The van der Waals surface area contributed by atoms with Crippen LogP contribution in [-0.2, 0) is 7.05 Å². The van der Waals surface area contributed by atoms with E-state index in [1.165, 1.54) is 23.0 Å². The lowest BCUT2D eigenvalue weighted by atomic mass is 10.1. The molecule has 2 N–H and O–H groups in total. The third kappa shape index (κ3) is 3.07. The maximum absolute atomic E-state index is 14.2. The number of fused-ring (bicyclic) bond motifs is 7. The predicted molar refractivity (Wildman–Crippen MR) is 117 cm³/mol. The van der Waals surface area contributed by atoms with Gasteiger partial charge in [0.05, 0.1) is 23.1 Å². The van der Waals surface area contributed by atoms with Gasteiger partial charge in [-0.3, -0.25) is 4.68 Å². The zero-order valence-corrected chi connectivity index (χ0v) is 17.2. The van der Waals surface area contributed by atoms with Crippen molar-refractivity contribution in [1.29, 1.82) is 5.26 Å². The Balaban J connectivity index is 1.85. The first-order chi connectivity index (χ1) is 15.5. The summed E-state index contributed by atoms with van der Waals surface area (Å²) in [5, 5.41) is 14.2. The number of aryl methyl sites for hydroxylation is 1. The van der Waals surface area contributed by atoms with Gasteiger partial charge < -0.3 is 15.4 Å². The Hall–Kier alpha value is -4.52. The number of hydrogen-bond donors (Lipinski definition) is 1. The number of allylic oxidation sites excluding steroid dienone is 2. The van der Waals surface area contributed by atoms with E-state index >= 15 is 0 Å². The van der Waals surface area contributed by atoms with Gasteiger partial charge in [0.1, 0.15) is 29.5 Å². The molecule has 4 heterocycles. The molecule has 0 fully saturated rings. The SMILES string of the molecule is C[C@H]1Oc2nc(cnc2N)-c2c(nn(C)c2C#N)N=C2C=CC=CN2c2ccc(F)cc21. The molecule has 0 amide bonds. The molecule has 1 aromatic carbocycles. The van der Waals surface area contributed by atoms with Crippen molar-refractivity contribution in [2.45, 2.75) is 13.0 Å². The molecule has 0 spiro atoms. The fourth-order valence-electron chi connectivity index (χ4n) is 3.68. The summed E-state index contributed by atoms with van der Waals surface area (Å²) in [5.74, 6) is 0.555. The molecule has 1 atom stereocenters. The molecule has 0 aliphatic carbocycles. The minimum atomic E-state index is -0.615. The highest BCUT2D eigenvalue weighted by molar-refractivity contribution is 6.10. The van der Waals surface area contributed by atoms with E-state index in [0.29, 0.717) is 28.3 Å². The number of anilines is 2. The van der Waals surface area contributed by atoms with Crippen LogP contribution in [0.1, 0.15) is 24.3 Å². The maximum Gasteiger partial charge on any atom is 0.258 e. The van der Waals surface area contributed by atoms with Crippen LogP contribution in [0.25, 0.3) is 11.3 Å². The summed E-state index contributed by atoms with van der Waals surface area (Å²) >= 11 is 0. The fourth-order valence-corrected chi connectivity index (χ4v) is 3.68. The number of halogens is 1. The predicted octanol–water partition coefficient (Wildman–Crippen LogP) is 3.54. The second-order valence-corrected chi connectivity index (χ2v) is 7.23. The van der Waals surface area contributed by atoms with Crippen LogP contribution < -0.4 is 15.4 Å². The second-order valence-electron chi connectivity index (χ2n) is 7.23. The molecule has 10 heteroatoms. The lowest BCUT2D eigenvalue weighted by Crippen LogP contribution is -2.27. The Morgan fingerprint density at radius 1 is 1.28 bits per heavy atom. The molecule has 2 aliphatic rings. The van der Waals surface area contributed by atoms with Gasteiger partial charge in [-0.15, -0.1) is 0 Å². The van der Waals surface area contributed by atoms with E-state index in [1.54, 1.807) is 26.1 Å². The summed E-state index contributed by atoms with van der Waals surface area (Å²) in [6.45, 7) is 1.77. The highest BCUT2D eigenvalue weighted by Crippen LogP contribution is 2.38. The van der Waals surface area contributed by atoms with E-state index in [4.69, 9.17) is 15.5 Å². The van der Waals surface area contributed by atoms with Gasteiger partial charge in [-0.1, -0.05) is 6.08 Å². The first kappa shape index (κ1) is 19.4. The van der Waals surface area contributed by atoms with Gasteiger partial charge in [-0.25, -0.2) is 19.4 Å². The van der Waals surface area contributed by atoms with Crippen molar-refractivity contribution in [3.05, 3.63) is 65.9 Å². The molecule has 0 radical (unpaired) electrons. The lowest BCUT2D eigenvalue weighted by Gasteiger charge is -2.27. The van der Waals surface area contributed by atoms with Gasteiger partial charge in [0.2, 0.25) is 0 Å². The molecule has 0 unspecified atom stereocenters. The van der Waals surface area contributed by atoms with E-state index in [0.717, 1.165) is 0 Å². The van der Waals surface area contributed by atoms with Crippen molar-refractivity contribution < 1.29 is 9.13 Å². The summed E-state index contributed by atoms with van der Waals surface area (Å²) in [6.07, 6.45) is 8.12. The van der Waals surface area contributed by atoms with Crippen LogP contribution in [0.15, 0.2) is 53.8 Å². The van der Waals surface area contributed by atoms with Gasteiger partial charge >= 0.3 is 0 Å². The number of aliphatic imine (C=N–C) groups is 1. The number of nitrogens with two attached hydrogens (primary N) is 1. The number of amidine groups is 1. The van der Waals surface area contributed by atoms with Crippen LogP contribution in [-0.4, -0.2) is 25.6 Å². The van der Waals surface area contributed by atoms with E-state index in [-0.39, 0.29) is 23.2 Å². The minimum absolute atomic E-state index is 0.0720. The fraction of sp³-hybridized carbons (Fsp3) is 0.136. The lowest BCUT2D eigenvalue weighted by molar-refractivity contribution is 0.218. The second kappa shape index (κ2) is 7.31. The van der Waals surface area contributed by atoms with Crippen molar-refractivity contribution >= 4 is 23.2 Å². The number of nitrogens with zero attached hydrogens (tertiary/aromatic N) is 7. The van der Waals surface area contributed by atoms with Crippen molar-refractivity contribution in [2.24, 2.45) is 12.0 Å². The summed E-state index contributed by atoms with van der Waals surface area (Å²) in [4.78, 5) is 15.2. The number of nitrogen functional groups attached to an aromatic ring is 1. The minimum Gasteiger partial charge on any atom is -0.467 e. The van der Waals surface area contributed by atoms with Gasteiger partial charge in [0, 0.05) is 18.8 Å². The quantitative estimate of drug-likeness (QED) is 0.582. The summed E-state index contributed by atoms with van der Waals surface area (Å²) in [6, 6.07) is 6.58. The van der Waals surface area contributed by atoms with Crippen LogP contribution in [0.3, 0.4) is 0 Å². The maximum atomic E-state index is 14.2. The number of rotatable bonds is 0. The Morgan fingerprint density at radius 2 is 2.12 bits per heavy atom. The third-order valence-electron chi connectivity index (χ3n) is 5.19. The molecule has 2 bridgehead atoms. The molecule has 0 saturated carbocycles. The highest BCUT2D eigenvalue weighted by atomic mass is 19.1. The van der Waals surface area contributed by atoms with E-state index in [9.17, 15) is 9.65 Å². The van der Waals surface area contributed by atoms with E-state index in [2.05, 4.69) is 21.1 Å². The zero-order valence-electron chi connectivity index (χ0n) is 17.2. The van der Waals surface area contributed by atoms with Crippen LogP contribution in [0.4, 0.5) is 21.7 Å². The number of aromatic nitrogens is 4. The third-order valence-corrected chi connectivity index (χ3v) is 5.19. The molecule has 32 heavy (non-hydrogen) atoms. The first-order valence-corrected chi connectivity index (χ1v) is 9.75. The van der Waals surface area contributed by atoms with Crippen LogP contribution in [0.2, 0.25) is 0 Å². The number of hydrogen-bond acceptors (Lipinski definition) is 8. The first-order valence-electron chi connectivity index (χ1n) is 9.75. The van der Waals surface area contributed by atoms with Gasteiger partial charge in [-0.2, -0.15) is 10.4 Å². The van der Waals surface area contributed by atoms with Gasteiger partial charge in [0.25, 0.3) is 5.88 Å². The molecule has 0 saturated heterocycles. The normalized spacial score (nSPS) is 16.5. The molecular weight excluding hydrogens is 411 g/mol. The van der Waals surface area contributed by atoms with Crippen molar-refractivity contribution in [1.82, 2.24) is 19.7 Å². The number of nitriles is 1. The van der Waals surface area contributed by atoms with Crippen molar-refractivity contribution in [3.63, 3.8) is 0 Å². The summed E-state index contributed by atoms with van der Waals surface area (Å²) < 4.78 is 21.7. The average molecular weight is 428 g/mol. The van der Waals surface area contributed by atoms with Crippen LogP contribution in [0, 0.1) is 17.1 Å². The topological polar surface area (TPSA) is 118 Å². The molecule has 2 aliphatic heterocycles. The van der Waals surface area contributed by atoms with Crippen LogP contribution >= 0.6 is 0 Å².